The molecule has 1 aliphatic carbocycles. The number of nitrogens with zero attached hydrogens (tertiary/aromatic N) is 1. The van der Waals surface area contributed by atoms with Crippen molar-refractivity contribution in [2.45, 2.75) is 39.3 Å². The van der Waals surface area contributed by atoms with Gasteiger partial charge in [-0.2, -0.15) is 0 Å². The van der Waals surface area contributed by atoms with Gasteiger partial charge in [0.15, 0.2) is 0 Å². The van der Waals surface area contributed by atoms with Crippen LogP contribution in [0.15, 0.2) is 28.8 Å². The zero-order valence-corrected chi connectivity index (χ0v) is 10.7. The second kappa shape index (κ2) is 4.94. The van der Waals surface area contributed by atoms with E-state index < -0.39 is 0 Å². The molecule has 0 spiro atoms. The Bertz CT molecular complexity index is 545. The van der Waals surface area contributed by atoms with Gasteiger partial charge in [0.1, 0.15) is 5.76 Å². The van der Waals surface area contributed by atoms with Crippen LogP contribution < -0.4 is 5.32 Å². The molecule has 0 atom stereocenters. The second-order valence-electron chi connectivity index (χ2n) is 4.92. The van der Waals surface area contributed by atoms with Crippen LogP contribution in [0.3, 0.4) is 0 Å². The Hall–Kier alpha value is -1.61. The average Bonchev–Trinajstić information content (AvgIpc) is 2.97. The van der Waals surface area contributed by atoms with Gasteiger partial charge in [0.05, 0.1) is 12.7 Å². The molecule has 0 aliphatic heterocycles. The number of fused-ring (bicyclic) bond motifs is 1. The van der Waals surface area contributed by atoms with E-state index in [1.807, 2.05) is 6.92 Å². The van der Waals surface area contributed by atoms with Gasteiger partial charge in [0.2, 0.25) is 5.89 Å². The van der Waals surface area contributed by atoms with Crippen molar-refractivity contribution in [3.63, 3.8) is 0 Å². The van der Waals surface area contributed by atoms with Crippen molar-refractivity contribution in [3.8, 4) is 0 Å². The van der Waals surface area contributed by atoms with Crippen molar-refractivity contribution < 1.29 is 4.42 Å². The molecule has 0 radical (unpaired) electrons. The van der Waals surface area contributed by atoms with E-state index in [1.54, 1.807) is 6.20 Å². The van der Waals surface area contributed by atoms with Crippen LogP contribution in [-0.2, 0) is 25.9 Å². The fourth-order valence-electron chi connectivity index (χ4n) is 2.53. The van der Waals surface area contributed by atoms with Gasteiger partial charge >= 0.3 is 0 Å². The first kappa shape index (κ1) is 11.5. The Kier molecular flexibility index (Phi) is 3.15. The van der Waals surface area contributed by atoms with Crippen molar-refractivity contribution in [2.24, 2.45) is 0 Å². The number of rotatable bonds is 4. The van der Waals surface area contributed by atoms with Crippen LogP contribution in [-0.4, -0.2) is 4.98 Å². The maximum absolute atomic E-state index is 5.42. The minimum atomic E-state index is 0.685. The molecule has 3 nitrogen and oxygen atoms in total. The average molecular weight is 242 g/mol. The first-order valence-electron chi connectivity index (χ1n) is 6.54. The fraction of sp³-hybridized carbons (Fsp3) is 0.400. The minimum absolute atomic E-state index is 0.685. The predicted molar refractivity (Wildman–Crippen MR) is 70.3 cm³/mol. The van der Waals surface area contributed by atoms with E-state index >= 15 is 0 Å². The monoisotopic (exact) mass is 242 g/mol. The number of hydrogen-bond donors (Lipinski definition) is 1. The van der Waals surface area contributed by atoms with Crippen LogP contribution in [0.1, 0.15) is 34.8 Å². The van der Waals surface area contributed by atoms with Crippen molar-refractivity contribution in [3.05, 3.63) is 52.7 Å². The SMILES string of the molecule is Cc1cnc(CNCc2ccc3c(c2)CCC3)o1. The van der Waals surface area contributed by atoms with E-state index in [9.17, 15) is 0 Å². The molecule has 0 saturated carbocycles. The number of benzene rings is 1. The van der Waals surface area contributed by atoms with Gasteiger partial charge in [-0.1, -0.05) is 18.2 Å². The summed E-state index contributed by atoms with van der Waals surface area (Å²) in [6.45, 7) is 3.47. The fourth-order valence-corrected chi connectivity index (χ4v) is 2.53. The maximum atomic E-state index is 5.42. The largest absolute Gasteiger partial charge is 0.445 e. The van der Waals surface area contributed by atoms with Crippen LogP contribution in [0.4, 0.5) is 0 Å². The summed E-state index contributed by atoms with van der Waals surface area (Å²) in [5.74, 6) is 1.62. The summed E-state index contributed by atoms with van der Waals surface area (Å²) in [6.07, 6.45) is 5.55. The number of hydrogen-bond acceptors (Lipinski definition) is 3. The first-order valence-corrected chi connectivity index (χ1v) is 6.54. The van der Waals surface area contributed by atoms with Gasteiger partial charge in [-0.3, -0.25) is 0 Å². The first-order chi connectivity index (χ1) is 8.81. The lowest BCUT2D eigenvalue weighted by Gasteiger charge is -2.05. The summed E-state index contributed by atoms with van der Waals surface area (Å²) < 4.78 is 5.42. The zero-order valence-electron chi connectivity index (χ0n) is 10.7. The lowest BCUT2D eigenvalue weighted by atomic mass is 10.1. The highest BCUT2D eigenvalue weighted by Gasteiger charge is 2.10. The van der Waals surface area contributed by atoms with E-state index in [2.05, 4.69) is 28.5 Å². The highest BCUT2D eigenvalue weighted by Crippen LogP contribution is 2.22. The smallest absolute Gasteiger partial charge is 0.208 e. The molecule has 3 heteroatoms. The van der Waals surface area contributed by atoms with E-state index in [4.69, 9.17) is 4.42 Å². The van der Waals surface area contributed by atoms with E-state index in [0.717, 1.165) is 18.2 Å². The van der Waals surface area contributed by atoms with Gasteiger partial charge in [-0.25, -0.2) is 4.98 Å². The van der Waals surface area contributed by atoms with E-state index in [1.165, 1.54) is 36.0 Å². The lowest BCUT2D eigenvalue weighted by molar-refractivity contribution is 0.449. The number of oxazole rings is 1. The van der Waals surface area contributed by atoms with Gasteiger partial charge in [-0.15, -0.1) is 0 Å². The van der Waals surface area contributed by atoms with Crippen LogP contribution in [0.2, 0.25) is 0 Å². The lowest BCUT2D eigenvalue weighted by Crippen LogP contribution is -2.13. The van der Waals surface area contributed by atoms with Crippen molar-refractivity contribution in [1.29, 1.82) is 0 Å². The Morgan fingerprint density at radius 2 is 2.11 bits per heavy atom. The zero-order chi connectivity index (χ0) is 12.4. The summed E-state index contributed by atoms with van der Waals surface area (Å²) in [7, 11) is 0. The summed E-state index contributed by atoms with van der Waals surface area (Å²) in [5, 5.41) is 3.37. The molecule has 1 N–H and O–H groups in total. The molecule has 2 aromatic rings. The Balaban J connectivity index is 1.57. The quantitative estimate of drug-likeness (QED) is 0.896. The Morgan fingerprint density at radius 3 is 2.94 bits per heavy atom. The van der Waals surface area contributed by atoms with Crippen LogP contribution in [0.5, 0.6) is 0 Å². The molecule has 18 heavy (non-hydrogen) atoms. The van der Waals surface area contributed by atoms with E-state index in [-0.39, 0.29) is 0 Å². The molecule has 0 bridgehead atoms. The Labute approximate surface area is 107 Å². The van der Waals surface area contributed by atoms with Crippen molar-refractivity contribution in [1.82, 2.24) is 10.3 Å². The number of nitrogens with one attached hydrogen (secondary N) is 1. The molecular weight excluding hydrogens is 224 g/mol. The molecule has 1 aromatic carbocycles. The van der Waals surface area contributed by atoms with E-state index in [0.29, 0.717) is 6.54 Å². The van der Waals surface area contributed by atoms with Crippen LogP contribution in [0, 0.1) is 6.92 Å². The second-order valence-corrected chi connectivity index (χ2v) is 4.92. The number of aromatic nitrogens is 1. The molecule has 94 valence electrons. The standard InChI is InChI=1S/C15H18N2O/c1-11-8-17-15(18-11)10-16-9-12-5-6-13-3-2-4-14(13)7-12/h5-8,16H,2-4,9-10H2,1H3. The highest BCUT2D eigenvalue weighted by atomic mass is 16.4. The third kappa shape index (κ3) is 2.46. The summed E-state index contributed by atoms with van der Waals surface area (Å²) in [5.41, 5.74) is 4.40. The molecule has 0 saturated heterocycles. The summed E-state index contributed by atoms with van der Waals surface area (Å²) >= 11 is 0. The molecule has 0 fully saturated rings. The third-order valence-electron chi connectivity index (χ3n) is 3.44. The van der Waals surface area contributed by atoms with Crippen LogP contribution >= 0.6 is 0 Å². The maximum Gasteiger partial charge on any atom is 0.208 e. The van der Waals surface area contributed by atoms with Gasteiger partial charge in [0, 0.05) is 6.54 Å². The molecule has 0 unspecified atom stereocenters. The minimum Gasteiger partial charge on any atom is -0.445 e. The van der Waals surface area contributed by atoms with Gasteiger partial charge < -0.3 is 9.73 Å². The molecule has 1 aliphatic rings. The van der Waals surface area contributed by atoms with Crippen molar-refractivity contribution in [2.75, 3.05) is 0 Å². The van der Waals surface area contributed by atoms with Gasteiger partial charge in [0.25, 0.3) is 0 Å². The topological polar surface area (TPSA) is 38.1 Å². The molecule has 1 aromatic heterocycles. The molecular formula is C15H18N2O. The molecule has 1 heterocycles. The third-order valence-corrected chi connectivity index (χ3v) is 3.44. The number of aryl methyl sites for hydroxylation is 3. The summed E-state index contributed by atoms with van der Waals surface area (Å²) in [4.78, 5) is 4.18. The van der Waals surface area contributed by atoms with Crippen molar-refractivity contribution >= 4 is 0 Å². The molecule has 3 rings (SSSR count). The van der Waals surface area contributed by atoms with Gasteiger partial charge in [-0.05, 0) is 42.9 Å². The predicted octanol–water partition coefficient (Wildman–Crippen LogP) is 2.76. The van der Waals surface area contributed by atoms with Crippen LogP contribution in [0.25, 0.3) is 0 Å². The Morgan fingerprint density at radius 1 is 1.22 bits per heavy atom. The highest BCUT2D eigenvalue weighted by molar-refractivity contribution is 5.35. The normalized spacial score (nSPS) is 13.8. The molecule has 0 amide bonds. The summed E-state index contributed by atoms with van der Waals surface area (Å²) in [6, 6.07) is 6.82.